The summed E-state index contributed by atoms with van der Waals surface area (Å²) in [7, 11) is 1.49. The predicted octanol–water partition coefficient (Wildman–Crippen LogP) is 4.53. The first-order chi connectivity index (χ1) is 13.9. The minimum absolute atomic E-state index is 0.153. The Hall–Kier alpha value is -3.63. The van der Waals surface area contributed by atoms with Crippen molar-refractivity contribution in [2.24, 2.45) is 0 Å². The summed E-state index contributed by atoms with van der Waals surface area (Å²) in [4.78, 5) is 12.6. The number of methoxy groups -OCH3 is 1. The summed E-state index contributed by atoms with van der Waals surface area (Å²) >= 11 is 6.42. The minimum Gasteiger partial charge on any atom is -0.495 e. The van der Waals surface area contributed by atoms with E-state index in [1.54, 1.807) is 31.2 Å². The maximum Gasteiger partial charge on any atom is 0.266 e. The molecule has 8 heteroatoms. The second-order valence-corrected chi connectivity index (χ2v) is 6.36. The average molecular weight is 411 g/mol. The molecule has 2 aromatic carbocycles. The highest BCUT2D eigenvalue weighted by Crippen LogP contribution is 2.27. The molecule has 6 nitrogen and oxygen atoms in total. The van der Waals surface area contributed by atoms with Crippen LogP contribution in [-0.4, -0.2) is 22.8 Å². The van der Waals surface area contributed by atoms with E-state index in [2.05, 4.69) is 10.4 Å². The van der Waals surface area contributed by atoms with Gasteiger partial charge in [-0.25, -0.2) is 9.07 Å². The summed E-state index contributed by atoms with van der Waals surface area (Å²) in [6.45, 7) is 1.70. The van der Waals surface area contributed by atoms with Crippen LogP contribution < -0.4 is 10.1 Å². The molecule has 0 saturated carbocycles. The Labute approximate surface area is 171 Å². The largest absolute Gasteiger partial charge is 0.495 e. The summed E-state index contributed by atoms with van der Waals surface area (Å²) in [5, 5.41) is 16.7. The highest BCUT2D eigenvalue weighted by Gasteiger charge is 2.17. The molecule has 146 valence electrons. The van der Waals surface area contributed by atoms with Gasteiger partial charge in [0.1, 0.15) is 28.4 Å². The van der Waals surface area contributed by atoms with Gasteiger partial charge in [0, 0.05) is 5.56 Å². The molecule has 3 aromatic rings. The third kappa shape index (κ3) is 4.28. The molecule has 1 heterocycles. The van der Waals surface area contributed by atoms with Crippen molar-refractivity contribution in [3.63, 3.8) is 0 Å². The maximum atomic E-state index is 13.2. The molecule has 29 heavy (non-hydrogen) atoms. The van der Waals surface area contributed by atoms with Crippen LogP contribution in [0.1, 0.15) is 11.3 Å². The molecule has 1 N–H and O–H groups in total. The number of aryl methyl sites for hydroxylation is 1. The van der Waals surface area contributed by atoms with Gasteiger partial charge < -0.3 is 10.1 Å². The van der Waals surface area contributed by atoms with E-state index in [0.29, 0.717) is 28.4 Å². The van der Waals surface area contributed by atoms with Crippen molar-refractivity contribution in [2.75, 3.05) is 12.4 Å². The predicted molar refractivity (Wildman–Crippen MR) is 108 cm³/mol. The lowest BCUT2D eigenvalue weighted by molar-refractivity contribution is -0.112. The molecule has 0 aliphatic heterocycles. The van der Waals surface area contributed by atoms with Gasteiger partial charge in [-0.3, -0.25) is 4.79 Å². The quantitative estimate of drug-likeness (QED) is 0.495. The van der Waals surface area contributed by atoms with Crippen molar-refractivity contribution in [1.82, 2.24) is 9.78 Å². The second kappa shape index (κ2) is 8.59. The summed E-state index contributed by atoms with van der Waals surface area (Å²) in [5.41, 5.74) is 1.77. The SMILES string of the molecule is COc1ccccc1NC(=O)C(C#N)=Cc1c(C)nn(-c2ccc(F)cc2)c1Cl. The molecule has 3 rings (SSSR count). The fourth-order valence-corrected chi connectivity index (χ4v) is 2.99. The normalized spacial score (nSPS) is 11.1. The van der Waals surface area contributed by atoms with Crippen LogP contribution in [0.25, 0.3) is 11.8 Å². The molecule has 0 aliphatic rings. The molecule has 1 amide bonds. The maximum absolute atomic E-state index is 13.2. The number of ether oxygens (including phenoxy) is 1. The Bertz CT molecular complexity index is 1130. The van der Waals surface area contributed by atoms with Gasteiger partial charge in [0.2, 0.25) is 0 Å². The second-order valence-electron chi connectivity index (χ2n) is 6.00. The van der Waals surface area contributed by atoms with E-state index in [1.165, 1.54) is 42.1 Å². The first kappa shape index (κ1) is 20.1. The summed E-state index contributed by atoms with van der Waals surface area (Å²) in [6, 6.07) is 14.4. The van der Waals surface area contributed by atoms with E-state index in [1.807, 2.05) is 6.07 Å². The lowest BCUT2D eigenvalue weighted by Crippen LogP contribution is -2.14. The number of carbonyl (C=O) groups excluding carboxylic acids is 1. The lowest BCUT2D eigenvalue weighted by atomic mass is 10.1. The van der Waals surface area contributed by atoms with Crippen LogP contribution in [0, 0.1) is 24.1 Å². The number of hydrogen-bond donors (Lipinski definition) is 1. The van der Waals surface area contributed by atoms with Crippen molar-refractivity contribution >= 4 is 29.3 Å². The molecule has 0 unspecified atom stereocenters. The first-order valence-corrected chi connectivity index (χ1v) is 8.89. The number of nitrogens with zero attached hydrogens (tertiary/aromatic N) is 3. The highest BCUT2D eigenvalue weighted by atomic mass is 35.5. The van der Waals surface area contributed by atoms with E-state index in [-0.39, 0.29) is 16.5 Å². The number of carbonyl (C=O) groups is 1. The number of halogens is 2. The monoisotopic (exact) mass is 410 g/mol. The zero-order valence-electron chi connectivity index (χ0n) is 15.6. The van der Waals surface area contributed by atoms with Gasteiger partial charge in [0.15, 0.2) is 0 Å². The van der Waals surface area contributed by atoms with Crippen LogP contribution in [0.15, 0.2) is 54.1 Å². The van der Waals surface area contributed by atoms with Crippen molar-refractivity contribution in [2.45, 2.75) is 6.92 Å². The van der Waals surface area contributed by atoms with Gasteiger partial charge in [-0.15, -0.1) is 0 Å². The van der Waals surface area contributed by atoms with Crippen LogP contribution in [0.2, 0.25) is 5.15 Å². The standard InChI is InChI=1S/C21H16ClFN4O2/c1-13-17(20(22)27(26-13)16-9-7-15(23)8-10-16)11-14(12-24)21(28)25-18-5-3-4-6-19(18)29-2/h3-11H,1-2H3,(H,25,28). The summed E-state index contributed by atoms with van der Waals surface area (Å²) < 4.78 is 19.8. The molecule has 1 aromatic heterocycles. The Morgan fingerprint density at radius 3 is 2.62 bits per heavy atom. The van der Waals surface area contributed by atoms with E-state index in [0.717, 1.165) is 0 Å². The molecule has 0 aliphatic carbocycles. The van der Waals surface area contributed by atoms with Gasteiger partial charge >= 0.3 is 0 Å². The molecule has 0 saturated heterocycles. The third-order valence-electron chi connectivity index (χ3n) is 4.13. The summed E-state index contributed by atoms with van der Waals surface area (Å²) in [6.07, 6.45) is 1.37. The molecule has 0 spiro atoms. The molecular formula is C21H16ClFN4O2. The smallest absolute Gasteiger partial charge is 0.266 e. The zero-order valence-corrected chi connectivity index (χ0v) is 16.4. The van der Waals surface area contributed by atoms with Crippen molar-refractivity contribution < 1.29 is 13.9 Å². The fraction of sp³-hybridized carbons (Fsp3) is 0.0952. The lowest BCUT2D eigenvalue weighted by Gasteiger charge is -2.09. The number of amides is 1. The number of hydrogen-bond acceptors (Lipinski definition) is 4. The summed E-state index contributed by atoms with van der Waals surface area (Å²) in [5.74, 6) is -0.521. The first-order valence-electron chi connectivity index (χ1n) is 8.51. The van der Waals surface area contributed by atoms with Crippen molar-refractivity contribution in [3.05, 3.63) is 76.3 Å². The number of aromatic nitrogens is 2. The topological polar surface area (TPSA) is 79.9 Å². The molecule has 0 bridgehead atoms. The number of benzene rings is 2. The van der Waals surface area contributed by atoms with Crippen LogP contribution in [0.4, 0.5) is 10.1 Å². The Morgan fingerprint density at radius 1 is 1.28 bits per heavy atom. The number of nitriles is 1. The van der Waals surface area contributed by atoms with Crippen LogP contribution in [0.5, 0.6) is 5.75 Å². The van der Waals surface area contributed by atoms with E-state index in [4.69, 9.17) is 16.3 Å². The number of nitrogens with one attached hydrogen (secondary N) is 1. The van der Waals surface area contributed by atoms with E-state index in [9.17, 15) is 14.4 Å². The Balaban J connectivity index is 1.94. The Kier molecular flexibility index (Phi) is 5.96. The number of para-hydroxylation sites is 2. The van der Waals surface area contributed by atoms with Gasteiger partial charge in [0.25, 0.3) is 5.91 Å². The molecule has 0 radical (unpaired) electrons. The molecule has 0 fully saturated rings. The van der Waals surface area contributed by atoms with E-state index >= 15 is 0 Å². The fourth-order valence-electron chi connectivity index (χ4n) is 2.66. The number of rotatable bonds is 5. The molecule has 0 atom stereocenters. The zero-order chi connectivity index (χ0) is 21.0. The van der Waals surface area contributed by atoms with Gasteiger partial charge in [-0.2, -0.15) is 10.4 Å². The van der Waals surface area contributed by atoms with Crippen LogP contribution in [-0.2, 0) is 4.79 Å². The van der Waals surface area contributed by atoms with E-state index < -0.39 is 5.91 Å². The number of anilines is 1. The van der Waals surface area contributed by atoms with Gasteiger partial charge in [-0.05, 0) is 49.4 Å². The van der Waals surface area contributed by atoms with Gasteiger partial charge in [-0.1, -0.05) is 23.7 Å². The average Bonchev–Trinajstić information content (AvgIpc) is 3.00. The van der Waals surface area contributed by atoms with Crippen LogP contribution >= 0.6 is 11.6 Å². The van der Waals surface area contributed by atoms with Crippen LogP contribution in [0.3, 0.4) is 0 Å². The third-order valence-corrected chi connectivity index (χ3v) is 4.49. The van der Waals surface area contributed by atoms with Crippen molar-refractivity contribution in [1.29, 1.82) is 5.26 Å². The van der Waals surface area contributed by atoms with Gasteiger partial charge in [0.05, 0.1) is 24.2 Å². The molecular weight excluding hydrogens is 395 g/mol. The Morgan fingerprint density at radius 2 is 1.97 bits per heavy atom. The minimum atomic E-state index is -0.609. The van der Waals surface area contributed by atoms with Crippen molar-refractivity contribution in [3.8, 4) is 17.5 Å². The highest BCUT2D eigenvalue weighted by molar-refractivity contribution is 6.31.